The molecule has 0 saturated heterocycles. The second-order valence-electron chi connectivity index (χ2n) is 7.56. The third-order valence-corrected chi connectivity index (χ3v) is 7.07. The molecule has 172 valence electrons. The van der Waals surface area contributed by atoms with Gasteiger partial charge >= 0.3 is 0 Å². The molecule has 2 aromatic carbocycles. The van der Waals surface area contributed by atoms with Crippen LogP contribution in [0.1, 0.15) is 16.8 Å². The van der Waals surface area contributed by atoms with Gasteiger partial charge in [0, 0.05) is 18.4 Å². The largest absolute Gasteiger partial charge is 0.495 e. The highest BCUT2D eigenvalue weighted by atomic mass is 32.2. The minimum atomic E-state index is -3.44. The SMILES string of the molecule is COc1ccc(OC)c2sc(N(CCCN(C)C)C(=O)c3cccc(S(C)(=O)=O)c3)nc12. The van der Waals surface area contributed by atoms with Gasteiger partial charge in [0.2, 0.25) is 0 Å². The summed E-state index contributed by atoms with van der Waals surface area (Å²) in [5.41, 5.74) is 0.901. The maximum absolute atomic E-state index is 13.5. The first-order valence-electron chi connectivity index (χ1n) is 9.94. The molecule has 0 bridgehead atoms. The van der Waals surface area contributed by atoms with E-state index in [1.165, 1.54) is 23.5 Å². The standard InChI is InChI=1S/C22H27N3O5S2/c1-24(2)12-7-13-25(21(26)15-8-6-9-16(14-15)32(5,27)28)22-23-19-17(29-3)10-11-18(30-4)20(19)31-22/h6,8-11,14H,7,12-13H2,1-5H3. The van der Waals surface area contributed by atoms with Crippen LogP contribution >= 0.6 is 11.3 Å². The van der Waals surface area contributed by atoms with Crippen molar-refractivity contribution in [2.45, 2.75) is 11.3 Å². The van der Waals surface area contributed by atoms with Crippen molar-refractivity contribution in [2.24, 2.45) is 0 Å². The molecule has 1 amide bonds. The predicted octanol–water partition coefficient (Wildman–Crippen LogP) is 3.32. The van der Waals surface area contributed by atoms with Crippen molar-refractivity contribution in [3.8, 4) is 11.5 Å². The number of sulfone groups is 1. The number of hydrogen-bond acceptors (Lipinski definition) is 8. The Kier molecular flexibility index (Phi) is 7.37. The van der Waals surface area contributed by atoms with E-state index >= 15 is 0 Å². The lowest BCUT2D eigenvalue weighted by Gasteiger charge is -2.21. The molecule has 0 aliphatic rings. The lowest BCUT2D eigenvalue weighted by molar-refractivity contribution is 0.0986. The molecule has 0 radical (unpaired) electrons. The van der Waals surface area contributed by atoms with Crippen LogP contribution in [-0.2, 0) is 9.84 Å². The molecule has 0 N–H and O–H groups in total. The smallest absolute Gasteiger partial charge is 0.260 e. The van der Waals surface area contributed by atoms with Gasteiger partial charge in [-0.25, -0.2) is 13.4 Å². The van der Waals surface area contributed by atoms with Crippen molar-refractivity contribution < 1.29 is 22.7 Å². The minimum Gasteiger partial charge on any atom is -0.495 e. The number of amides is 1. The zero-order chi connectivity index (χ0) is 23.5. The van der Waals surface area contributed by atoms with E-state index in [1.807, 2.05) is 19.0 Å². The molecule has 3 aromatic rings. The van der Waals surface area contributed by atoms with E-state index in [4.69, 9.17) is 14.5 Å². The normalized spacial score (nSPS) is 11.7. The highest BCUT2D eigenvalue weighted by Gasteiger charge is 2.24. The van der Waals surface area contributed by atoms with Crippen LogP contribution in [0.3, 0.4) is 0 Å². The summed E-state index contributed by atoms with van der Waals surface area (Å²) in [6, 6.07) is 9.66. The van der Waals surface area contributed by atoms with Crippen LogP contribution in [0.2, 0.25) is 0 Å². The Morgan fingerprint density at radius 3 is 2.38 bits per heavy atom. The summed E-state index contributed by atoms with van der Waals surface area (Å²) >= 11 is 1.33. The average Bonchev–Trinajstić information content (AvgIpc) is 3.20. The first-order valence-corrected chi connectivity index (χ1v) is 12.6. The molecule has 0 fully saturated rings. The maximum atomic E-state index is 13.5. The number of aromatic nitrogens is 1. The van der Waals surface area contributed by atoms with Crippen LogP contribution in [0.5, 0.6) is 11.5 Å². The number of benzene rings is 2. The van der Waals surface area contributed by atoms with Crippen molar-refractivity contribution in [1.82, 2.24) is 9.88 Å². The number of methoxy groups -OCH3 is 2. The fourth-order valence-corrected chi connectivity index (χ4v) is 5.00. The lowest BCUT2D eigenvalue weighted by Crippen LogP contribution is -2.33. The van der Waals surface area contributed by atoms with E-state index in [-0.39, 0.29) is 16.4 Å². The average molecular weight is 478 g/mol. The summed E-state index contributed by atoms with van der Waals surface area (Å²) in [5, 5.41) is 0.497. The Hall–Kier alpha value is -2.69. The molecule has 1 aromatic heterocycles. The molecule has 1 heterocycles. The van der Waals surface area contributed by atoms with Gasteiger partial charge in [-0.15, -0.1) is 0 Å². The molecule has 8 nitrogen and oxygen atoms in total. The summed E-state index contributed by atoms with van der Waals surface area (Å²) in [6.07, 6.45) is 1.84. The number of nitrogens with zero attached hydrogens (tertiary/aromatic N) is 3. The third kappa shape index (κ3) is 5.20. The van der Waals surface area contributed by atoms with Gasteiger partial charge in [0.1, 0.15) is 21.7 Å². The quantitative estimate of drug-likeness (QED) is 0.467. The third-order valence-electron chi connectivity index (χ3n) is 4.87. The van der Waals surface area contributed by atoms with E-state index in [2.05, 4.69) is 0 Å². The molecule has 0 saturated carbocycles. The number of carbonyl (C=O) groups is 1. The number of hydrogen-bond donors (Lipinski definition) is 0. The lowest BCUT2D eigenvalue weighted by atomic mass is 10.2. The molecule has 0 unspecified atom stereocenters. The van der Waals surface area contributed by atoms with Gasteiger partial charge in [0.15, 0.2) is 15.0 Å². The summed E-state index contributed by atoms with van der Waals surface area (Å²) in [4.78, 5) is 21.9. The molecule has 3 rings (SSSR count). The van der Waals surface area contributed by atoms with Crippen LogP contribution in [0.25, 0.3) is 10.2 Å². The first-order chi connectivity index (χ1) is 15.2. The Morgan fingerprint density at radius 2 is 1.75 bits per heavy atom. The molecule has 0 aliphatic heterocycles. The van der Waals surface area contributed by atoms with Crippen LogP contribution in [0, 0.1) is 0 Å². The molecular weight excluding hydrogens is 450 g/mol. The van der Waals surface area contributed by atoms with Gasteiger partial charge in [0.25, 0.3) is 5.91 Å². The van der Waals surface area contributed by atoms with Crippen LogP contribution < -0.4 is 14.4 Å². The first kappa shape index (κ1) is 24.0. The number of thiazole rings is 1. The van der Waals surface area contributed by atoms with E-state index in [1.54, 1.807) is 43.4 Å². The minimum absolute atomic E-state index is 0.101. The number of rotatable bonds is 9. The highest BCUT2D eigenvalue weighted by molar-refractivity contribution is 7.90. The van der Waals surface area contributed by atoms with Gasteiger partial charge in [0.05, 0.1) is 19.1 Å². The van der Waals surface area contributed by atoms with E-state index < -0.39 is 9.84 Å². The van der Waals surface area contributed by atoms with Crippen LogP contribution in [-0.4, -0.2) is 71.9 Å². The Balaban J connectivity index is 2.08. The topological polar surface area (TPSA) is 89.0 Å². The number of carbonyl (C=O) groups excluding carboxylic acids is 1. The zero-order valence-corrected chi connectivity index (χ0v) is 20.4. The van der Waals surface area contributed by atoms with Crippen molar-refractivity contribution in [3.63, 3.8) is 0 Å². The van der Waals surface area contributed by atoms with Crippen molar-refractivity contribution >= 4 is 42.4 Å². The molecule has 32 heavy (non-hydrogen) atoms. The number of anilines is 1. The molecule has 10 heteroatoms. The number of fused-ring (bicyclic) bond motifs is 1. The van der Waals surface area contributed by atoms with Crippen LogP contribution in [0.15, 0.2) is 41.3 Å². The Morgan fingerprint density at radius 1 is 1.06 bits per heavy atom. The monoisotopic (exact) mass is 477 g/mol. The fourth-order valence-electron chi connectivity index (χ4n) is 3.23. The Labute approximate surface area is 192 Å². The molecule has 0 spiro atoms. The summed E-state index contributed by atoms with van der Waals surface area (Å²) < 4.78 is 35.7. The van der Waals surface area contributed by atoms with Crippen molar-refractivity contribution in [2.75, 3.05) is 52.6 Å². The molecule has 0 aliphatic carbocycles. The maximum Gasteiger partial charge on any atom is 0.260 e. The highest BCUT2D eigenvalue weighted by Crippen LogP contribution is 2.40. The number of ether oxygens (including phenoxy) is 2. The Bertz CT molecular complexity index is 1180. The van der Waals surface area contributed by atoms with E-state index in [9.17, 15) is 13.2 Å². The van der Waals surface area contributed by atoms with E-state index in [0.29, 0.717) is 35.1 Å². The van der Waals surface area contributed by atoms with Crippen molar-refractivity contribution in [1.29, 1.82) is 0 Å². The summed E-state index contributed by atoms with van der Waals surface area (Å²) in [6.45, 7) is 1.20. The second kappa shape index (κ2) is 9.85. The van der Waals surface area contributed by atoms with Crippen molar-refractivity contribution in [3.05, 3.63) is 42.0 Å². The molecule has 0 atom stereocenters. The zero-order valence-electron chi connectivity index (χ0n) is 18.8. The van der Waals surface area contributed by atoms with E-state index in [0.717, 1.165) is 17.5 Å². The van der Waals surface area contributed by atoms with Gasteiger partial charge in [-0.05, 0) is 57.4 Å². The predicted molar refractivity (Wildman–Crippen MR) is 127 cm³/mol. The van der Waals surface area contributed by atoms with Crippen LogP contribution in [0.4, 0.5) is 5.13 Å². The fraction of sp³-hybridized carbons (Fsp3) is 0.364. The second-order valence-corrected chi connectivity index (χ2v) is 10.6. The van der Waals surface area contributed by atoms with Gasteiger partial charge in [-0.1, -0.05) is 17.4 Å². The summed E-state index contributed by atoms with van der Waals surface area (Å²) in [7, 11) is 3.64. The molecular formula is C22H27N3O5S2. The summed E-state index contributed by atoms with van der Waals surface area (Å²) in [5.74, 6) is 0.915. The van der Waals surface area contributed by atoms with Gasteiger partial charge in [-0.2, -0.15) is 0 Å². The van der Waals surface area contributed by atoms with Gasteiger partial charge in [-0.3, -0.25) is 9.69 Å². The van der Waals surface area contributed by atoms with Gasteiger partial charge < -0.3 is 14.4 Å².